The lowest BCUT2D eigenvalue weighted by Crippen LogP contribution is -2.23. The number of benzene rings is 2. The SMILES string of the molecule is CC[S@@](=O)c1ccccc1C(=O)OCC(=O)Nc1cc(C)nn1-c1ccccc1. The van der Waals surface area contributed by atoms with Gasteiger partial charge in [-0.05, 0) is 31.2 Å². The van der Waals surface area contributed by atoms with Crippen molar-refractivity contribution < 1.29 is 18.5 Å². The number of rotatable bonds is 7. The Labute approximate surface area is 171 Å². The van der Waals surface area contributed by atoms with E-state index in [0.717, 1.165) is 11.4 Å². The van der Waals surface area contributed by atoms with Crippen LogP contribution in [0.25, 0.3) is 5.69 Å². The number of carbonyl (C=O) groups excluding carboxylic acids is 2. The van der Waals surface area contributed by atoms with Gasteiger partial charge in [0.25, 0.3) is 5.91 Å². The molecule has 3 aromatic rings. The largest absolute Gasteiger partial charge is 0.452 e. The maximum atomic E-state index is 12.4. The van der Waals surface area contributed by atoms with Gasteiger partial charge in [-0.25, -0.2) is 9.48 Å². The van der Waals surface area contributed by atoms with Crippen molar-refractivity contribution in [2.45, 2.75) is 18.7 Å². The van der Waals surface area contributed by atoms with Crippen molar-refractivity contribution in [1.29, 1.82) is 0 Å². The number of ether oxygens (including phenoxy) is 1. The number of aryl methyl sites for hydroxylation is 1. The molecule has 1 atom stereocenters. The molecule has 3 rings (SSSR count). The third-order valence-electron chi connectivity index (χ3n) is 4.05. The van der Waals surface area contributed by atoms with Crippen LogP contribution in [0.4, 0.5) is 5.82 Å². The number of esters is 1. The van der Waals surface area contributed by atoms with Crippen molar-refractivity contribution in [3.8, 4) is 5.69 Å². The highest BCUT2D eigenvalue weighted by molar-refractivity contribution is 7.85. The lowest BCUT2D eigenvalue weighted by molar-refractivity contribution is -0.119. The first-order chi connectivity index (χ1) is 14.0. The Morgan fingerprint density at radius 1 is 1.10 bits per heavy atom. The summed E-state index contributed by atoms with van der Waals surface area (Å²) in [5.74, 6) is -0.329. The van der Waals surface area contributed by atoms with Gasteiger partial charge in [0.15, 0.2) is 6.61 Å². The molecule has 2 aromatic carbocycles. The molecule has 29 heavy (non-hydrogen) atoms. The van der Waals surface area contributed by atoms with Crippen molar-refractivity contribution >= 4 is 28.5 Å². The highest BCUT2D eigenvalue weighted by atomic mass is 32.2. The molecule has 7 nitrogen and oxygen atoms in total. The number of hydrogen-bond donors (Lipinski definition) is 1. The summed E-state index contributed by atoms with van der Waals surface area (Å²) in [7, 11) is -1.30. The number of amides is 1. The summed E-state index contributed by atoms with van der Waals surface area (Å²) in [5, 5.41) is 7.09. The first-order valence-corrected chi connectivity index (χ1v) is 10.4. The average molecular weight is 411 g/mol. The second-order valence-electron chi connectivity index (χ2n) is 6.17. The Kier molecular flexibility index (Phi) is 6.56. The summed E-state index contributed by atoms with van der Waals surface area (Å²) < 4.78 is 18.8. The molecule has 0 saturated heterocycles. The third-order valence-corrected chi connectivity index (χ3v) is 5.42. The van der Waals surface area contributed by atoms with Crippen LogP contribution in [-0.2, 0) is 20.3 Å². The molecule has 0 bridgehead atoms. The Morgan fingerprint density at radius 3 is 2.52 bits per heavy atom. The van der Waals surface area contributed by atoms with Crippen LogP contribution in [0.15, 0.2) is 65.6 Å². The Balaban J connectivity index is 1.68. The quantitative estimate of drug-likeness (QED) is 0.604. The number of aromatic nitrogens is 2. The van der Waals surface area contributed by atoms with E-state index in [2.05, 4.69) is 10.4 Å². The summed E-state index contributed by atoms with van der Waals surface area (Å²) in [5.41, 5.74) is 1.73. The van der Waals surface area contributed by atoms with Crippen LogP contribution in [-0.4, -0.2) is 38.2 Å². The molecule has 0 unspecified atom stereocenters. The summed E-state index contributed by atoms with van der Waals surface area (Å²) >= 11 is 0. The zero-order valence-electron chi connectivity index (χ0n) is 16.1. The van der Waals surface area contributed by atoms with Crippen LogP contribution in [0.5, 0.6) is 0 Å². The number of anilines is 1. The van der Waals surface area contributed by atoms with E-state index >= 15 is 0 Å². The monoisotopic (exact) mass is 411 g/mol. The van der Waals surface area contributed by atoms with Crippen LogP contribution in [0, 0.1) is 6.92 Å². The van der Waals surface area contributed by atoms with Crippen molar-refractivity contribution in [2.24, 2.45) is 0 Å². The molecule has 0 fully saturated rings. The topological polar surface area (TPSA) is 90.3 Å². The highest BCUT2D eigenvalue weighted by Gasteiger charge is 2.18. The van der Waals surface area contributed by atoms with Gasteiger partial charge in [-0.3, -0.25) is 9.00 Å². The predicted octanol–water partition coefficient (Wildman–Crippen LogP) is 3.10. The standard InChI is InChI=1S/C21H21N3O4S/c1-3-29(27)18-12-8-7-11-17(18)21(26)28-14-20(25)22-19-13-15(2)23-24(19)16-9-5-4-6-10-16/h4-13H,3,14H2,1-2H3,(H,22,25)/t29-/m1/s1. The van der Waals surface area contributed by atoms with Gasteiger partial charge in [-0.1, -0.05) is 37.3 Å². The van der Waals surface area contributed by atoms with Gasteiger partial charge in [-0.2, -0.15) is 5.10 Å². The van der Waals surface area contributed by atoms with E-state index in [9.17, 15) is 13.8 Å². The molecule has 0 saturated carbocycles. The minimum Gasteiger partial charge on any atom is -0.452 e. The average Bonchev–Trinajstić information content (AvgIpc) is 3.12. The zero-order chi connectivity index (χ0) is 20.8. The van der Waals surface area contributed by atoms with Crippen LogP contribution in [0.3, 0.4) is 0 Å². The maximum absolute atomic E-state index is 12.4. The Hall–Kier alpha value is -3.26. The second kappa shape index (κ2) is 9.29. The smallest absolute Gasteiger partial charge is 0.339 e. The predicted molar refractivity (Wildman–Crippen MR) is 111 cm³/mol. The molecule has 0 spiro atoms. The highest BCUT2D eigenvalue weighted by Crippen LogP contribution is 2.17. The lowest BCUT2D eigenvalue weighted by atomic mass is 10.2. The molecule has 150 valence electrons. The van der Waals surface area contributed by atoms with Crippen LogP contribution in [0.2, 0.25) is 0 Å². The molecule has 0 radical (unpaired) electrons. The van der Waals surface area contributed by atoms with Gasteiger partial charge in [0.05, 0.1) is 32.6 Å². The Bertz CT molecular complexity index is 1050. The molecule has 1 N–H and O–H groups in total. The molecule has 1 amide bonds. The third kappa shape index (κ3) is 4.97. The molecule has 0 aliphatic heterocycles. The molecular formula is C21H21N3O4S. The maximum Gasteiger partial charge on any atom is 0.339 e. The normalized spacial score (nSPS) is 11.7. The first kappa shape index (κ1) is 20.5. The van der Waals surface area contributed by atoms with Crippen molar-refractivity contribution in [2.75, 3.05) is 17.7 Å². The number of nitrogens with one attached hydrogen (secondary N) is 1. The number of nitrogens with zero attached hydrogens (tertiary/aromatic N) is 2. The number of para-hydroxylation sites is 1. The lowest BCUT2D eigenvalue weighted by Gasteiger charge is -2.10. The van der Waals surface area contributed by atoms with Crippen LogP contribution < -0.4 is 5.32 Å². The molecule has 1 heterocycles. The van der Waals surface area contributed by atoms with E-state index in [1.807, 2.05) is 37.3 Å². The fraction of sp³-hybridized carbons (Fsp3) is 0.190. The molecular weight excluding hydrogens is 390 g/mol. The summed E-state index contributed by atoms with van der Waals surface area (Å²) in [6.07, 6.45) is 0. The summed E-state index contributed by atoms with van der Waals surface area (Å²) in [4.78, 5) is 25.1. The van der Waals surface area contributed by atoms with Gasteiger partial charge in [0.2, 0.25) is 0 Å². The zero-order valence-corrected chi connectivity index (χ0v) is 16.9. The van der Waals surface area contributed by atoms with E-state index in [-0.39, 0.29) is 5.56 Å². The van der Waals surface area contributed by atoms with E-state index in [1.165, 1.54) is 6.07 Å². The molecule has 0 aliphatic rings. The summed E-state index contributed by atoms with van der Waals surface area (Å²) in [6, 6.07) is 17.6. The summed E-state index contributed by atoms with van der Waals surface area (Å²) in [6.45, 7) is 3.12. The van der Waals surface area contributed by atoms with Gasteiger partial charge < -0.3 is 10.1 Å². The molecule has 8 heteroatoms. The van der Waals surface area contributed by atoms with Gasteiger partial charge in [0, 0.05) is 11.8 Å². The van der Waals surface area contributed by atoms with E-state index in [0.29, 0.717) is 16.5 Å². The number of hydrogen-bond acceptors (Lipinski definition) is 5. The first-order valence-electron chi connectivity index (χ1n) is 9.06. The van der Waals surface area contributed by atoms with Gasteiger partial charge >= 0.3 is 5.97 Å². The minimum absolute atomic E-state index is 0.200. The van der Waals surface area contributed by atoms with E-state index in [1.54, 1.807) is 35.9 Å². The van der Waals surface area contributed by atoms with Gasteiger partial charge in [0.1, 0.15) is 5.82 Å². The van der Waals surface area contributed by atoms with E-state index in [4.69, 9.17) is 4.74 Å². The fourth-order valence-corrected chi connectivity index (χ4v) is 3.67. The second-order valence-corrected chi connectivity index (χ2v) is 7.88. The Morgan fingerprint density at radius 2 is 1.79 bits per heavy atom. The minimum atomic E-state index is -1.30. The van der Waals surface area contributed by atoms with Crippen LogP contribution in [0.1, 0.15) is 23.0 Å². The number of carbonyl (C=O) groups is 2. The van der Waals surface area contributed by atoms with E-state index < -0.39 is 29.3 Å². The fourth-order valence-electron chi connectivity index (χ4n) is 2.73. The van der Waals surface area contributed by atoms with Gasteiger partial charge in [-0.15, -0.1) is 0 Å². The molecule has 1 aromatic heterocycles. The molecule has 0 aliphatic carbocycles. The van der Waals surface area contributed by atoms with Crippen molar-refractivity contribution in [1.82, 2.24) is 9.78 Å². The van der Waals surface area contributed by atoms with Crippen molar-refractivity contribution in [3.63, 3.8) is 0 Å². The van der Waals surface area contributed by atoms with Crippen LogP contribution >= 0.6 is 0 Å². The van der Waals surface area contributed by atoms with Crippen molar-refractivity contribution in [3.05, 3.63) is 71.9 Å².